The lowest BCUT2D eigenvalue weighted by molar-refractivity contribution is -0.132. The number of piperazine rings is 1. The lowest BCUT2D eigenvalue weighted by Crippen LogP contribution is -2.49. The quantitative estimate of drug-likeness (QED) is 0.558. The molecule has 0 radical (unpaired) electrons. The molecule has 0 saturated carbocycles. The predicted octanol–water partition coefficient (Wildman–Crippen LogP) is 2.77. The Morgan fingerprint density at radius 1 is 1.00 bits per heavy atom. The van der Waals surface area contributed by atoms with E-state index < -0.39 is 0 Å². The number of carbonyl (C=O) groups is 1. The molecule has 33 heavy (non-hydrogen) atoms. The standard InChI is InChI=1S/C23H27N5O4.ClH/c1-30-19-14-17-18(15-20(19)31-2)25-23(26-22(17)24)28-11-9-27(10-12-28)21(29)8-13-32-16-6-4-3-5-7-16;/h3-7,14-15H,8-13H2,1-2H3,(H2,24,25,26);1H. The number of aromatic nitrogens is 2. The minimum Gasteiger partial charge on any atom is -0.493 e. The zero-order valence-electron chi connectivity index (χ0n) is 18.7. The fraction of sp³-hybridized carbons (Fsp3) is 0.348. The number of anilines is 2. The Hall–Kier alpha value is -3.46. The summed E-state index contributed by atoms with van der Waals surface area (Å²) in [6.45, 7) is 2.81. The summed E-state index contributed by atoms with van der Waals surface area (Å²) in [6.07, 6.45) is 0.343. The van der Waals surface area contributed by atoms with E-state index in [1.807, 2.05) is 40.1 Å². The summed E-state index contributed by atoms with van der Waals surface area (Å²) in [5, 5.41) is 0.707. The monoisotopic (exact) mass is 473 g/mol. The topological polar surface area (TPSA) is 103 Å². The number of halogens is 1. The predicted molar refractivity (Wildman–Crippen MR) is 130 cm³/mol. The lowest BCUT2D eigenvalue weighted by Gasteiger charge is -2.35. The molecular formula is C23H28ClN5O4. The summed E-state index contributed by atoms with van der Waals surface area (Å²) < 4.78 is 16.4. The summed E-state index contributed by atoms with van der Waals surface area (Å²) >= 11 is 0. The Morgan fingerprint density at radius 3 is 2.33 bits per heavy atom. The summed E-state index contributed by atoms with van der Waals surface area (Å²) in [4.78, 5) is 25.6. The van der Waals surface area contributed by atoms with Gasteiger partial charge in [0.15, 0.2) is 11.5 Å². The van der Waals surface area contributed by atoms with Crippen molar-refractivity contribution in [1.82, 2.24) is 14.9 Å². The maximum Gasteiger partial charge on any atom is 0.228 e. The summed E-state index contributed by atoms with van der Waals surface area (Å²) in [6, 6.07) is 13.1. The highest BCUT2D eigenvalue weighted by molar-refractivity contribution is 5.91. The number of para-hydroxylation sites is 1. The van der Waals surface area contributed by atoms with Crippen LogP contribution in [0.15, 0.2) is 42.5 Å². The van der Waals surface area contributed by atoms with Crippen LogP contribution in [0.4, 0.5) is 11.8 Å². The fourth-order valence-corrected chi connectivity index (χ4v) is 3.69. The number of nitrogens with two attached hydrogens (primary N) is 1. The van der Waals surface area contributed by atoms with Crippen LogP contribution in [-0.4, -0.2) is 67.8 Å². The highest BCUT2D eigenvalue weighted by Crippen LogP contribution is 2.34. The van der Waals surface area contributed by atoms with E-state index in [0.29, 0.717) is 73.4 Å². The molecule has 1 aromatic heterocycles. The molecule has 3 aromatic rings. The minimum atomic E-state index is 0. The van der Waals surface area contributed by atoms with E-state index in [4.69, 9.17) is 19.9 Å². The number of nitrogen functional groups attached to an aromatic ring is 1. The normalized spacial score (nSPS) is 13.4. The van der Waals surface area contributed by atoms with Crippen LogP contribution in [0.2, 0.25) is 0 Å². The second kappa shape index (κ2) is 10.9. The molecule has 1 fully saturated rings. The Morgan fingerprint density at radius 2 is 1.67 bits per heavy atom. The molecule has 0 unspecified atom stereocenters. The van der Waals surface area contributed by atoms with Gasteiger partial charge in [0, 0.05) is 37.6 Å². The number of hydrogen-bond acceptors (Lipinski definition) is 8. The van der Waals surface area contributed by atoms with Gasteiger partial charge in [-0.05, 0) is 18.2 Å². The van der Waals surface area contributed by atoms with Gasteiger partial charge in [0.1, 0.15) is 11.6 Å². The molecule has 10 heteroatoms. The number of benzene rings is 2. The first-order chi connectivity index (χ1) is 15.6. The van der Waals surface area contributed by atoms with Gasteiger partial charge in [-0.2, -0.15) is 4.98 Å². The molecule has 2 N–H and O–H groups in total. The van der Waals surface area contributed by atoms with E-state index in [-0.39, 0.29) is 18.3 Å². The van der Waals surface area contributed by atoms with E-state index in [2.05, 4.69) is 9.97 Å². The van der Waals surface area contributed by atoms with Crippen molar-refractivity contribution < 1.29 is 19.0 Å². The van der Waals surface area contributed by atoms with Gasteiger partial charge in [-0.15, -0.1) is 12.4 Å². The van der Waals surface area contributed by atoms with Crippen LogP contribution in [0, 0.1) is 0 Å². The Labute approximate surface area is 198 Å². The first-order valence-electron chi connectivity index (χ1n) is 10.5. The second-order valence-corrected chi connectivity index (χ2v) is 7.41. The molecule has 2 aromatic carbocycles. The van der Waals surface area contributed by atoms with Crippen molar-refractivity contribution in [3.63, 3.8) is 0 Å². The van der Waals surface area contributed by atoms with Crippen LogP contribution in [0.1, 0.15) is 6.42 Å². The van der Waals surface area contributed by atoms with Crippen molar-refractivity contribution in [2.24, 2.45) is 0 Å². The van der Waals surface area contributed by atoms with Gasteiger partial charge in [0.05, 0.1) is 32.8 Å². The SMILES string of the molecule is COc1cc2nc(N3CCN(C(=O)CCOc4ccccc4)CC3)nc(N)c2cc1OC.Cl. The van der Waals surface area contributed by atoms with Gasteiger partial charge in [-0.3, -0.25) is 4.79 Å². The highest BCUT2D eigenvalue weighted by Gasteiger charge is 2.23. The molecule has 0 bridgehead atoms. The van der Waals surface area contributed by atoms with Gasteiger partial charge < -0.3 is 29.7 Å². The molecule has 2 heterocycles. The number of hydrogen-bond donors (Lipinski definition) is 1. The van der Waals surface area contributed by atoms with Crippen LogP contribution in [0.3, 0.4) is 0 Å². The first-order valence-corrected chi connectivity index (χ1v) is 10.5. The molecule has 9 nitrogen and oxygen atoms in total. The Bertz CT molecular complexity index is 1090. The molecule has 1 saturated heterocycles. The average molecular weight is 474 g/mol. The molecule has 0 spiro atoms. The average Bonchev–Trinajstić information content (AvgIpc) is 2.84. The molecule has 0 aliphatic carbocycles. The van der Waals surface area contributed by atoms with E-state index in [1.54, 1.807) is 26.4 Å². The van der Waals surface area contributed by atoms with E-state index in [1.165, 1.54) is 0 Å². The van der Waals surface area contributed by atoms with Crippen molar-refractivity contribution in [1.29, 1.82) is 0 Å². The molecule has 176 valence electrons. The van der Waals surface area contributed by atoms with Crippen LogP contribution in [-0.2, 0) is 4.79 Å². The molecule has 0 atom stereocenters. The van der Waals surface area contributed by atoms with Crippen molar-refractivity contribution in [2.75, 3.05) is 57.6 Å². The molecule has 1 aliphatic rings. The number of rotatable bonds is 7. The Kier molecular flexibility index (Phi) is 8.00. The lowest BCUT2D eigenvalue weighted by atomic mass is 10.2. The highest BCUT2D eigenvalue weighted by atomic mass is 35.5. The van der Waals surface area contributed by atoms with Crippen LogP contribution < -0.4 is 24.8 Å². The summed E-state index contributed by atoms with van der Waals surface area (Å²) in [7, 11) is 3.15. The van der Waals surface area contributed by atoms with Crippen molar-refractivity contribution in [3.05, 3.63) is 42.5 Å². The number of amides is 1. The zero-order valence-corrected chi connectivity index (χ0v) is 19.5. The summed E-state index contributed by atoms with van der Waals surface area (Å²) in [5.41, 5.74) is 6.89. The number of ether oxygens (including phenoxy) is 3. The van der Waals surface area contributed by atoms with Gasteiger partial charge in [-0.25, -0.2) is 4.98 Å². The van der Waals surface area contributed by atoms with Gasteiger partial charge in [0.25, 0.3) is 0 Å². The van der Waals surface area contributed by atoms with Crippen LogP contribution in [0.5, 0.6) is 17.2 Å². The molecule has 1 aliphatic heterocycles. The molecule has 1 amide bonds. The van der Waals surface area contributed by atoms with Crippen LogP contribution in [0.25, 0.3) is 10.9 Å². The minimum absolute atomic E-state index is 0. The van der Waals surface area contributed by atoms with Crippen LogP contribution >= 0.6 is 12.4 Å². The van der Waals surface area contributed by atoms with Crippen molar-refractivity contribution in [3.8, 4) is 17.2 Å². The summed E-state index contributed by atoms with van der Waals surface area (Å²) in [5.74, 6) is 2.93. The Balaban J connectivity index is 0.00000306. The maximum atomic E-state index is 12.5. The third-order valence-corrected chi connectivity index (χ3v) is 5.46. The van der Waals surface area contributed by atoms with Crippen molar-refractivity contribution in [2.45, 2.75) is 6.42 Å². The largest absolute Gasteiger partial charge is 0.493 e. The number of fused-ring (bicyclic) bond motifs is 1. The van der Waals surface area contributed by atoms with E-state index in [0.717, 1.165) is 5.75 Å². The smallest absolute Gasteiger partial charge is 0.228 e. The van der Waals surface area contributed by atoms with Gasteiger partial charge in [-0.1, -0.05) is 18.2 Å². The van der Waals surface area contributed by atoms with Gasteiger partial charge in [0.2, 0.25) is 11.9 Å². The molecular weight excluding hydrogens is 446 g/mol. The van der Waals surface area contributed by atoms with E-state index in [9.17, 15) is 4.79 Å². The zero-order chi connectivity index (χ0) is 22.5. The third kappa shape index (κ3) is 5.48. The van der Waals surface area contributed by atoms with Gasteiger partial charge >= 0.3 is 0 Å². The number of nitrogens with zero attached hydrogens (tertiary/aromatic N) is 4. The number of methoxy groups -OCH3 is 2. The second-order valence-electron chi connectivity index (χ2n) is 7.41. The number of carbonyl (C=O) groups excluding carboxylic acids is 1. The molecule has 4 rings (SSSR count). The van der Waals surface area contributed by atoms with E-state index >= 15 is 0 Å². The first kappa shape index (κ1) is 24.2. The maximum absolute atomic E-state index is 12.5. The van der Waals surface area contributed by atoms with Crippen molar-refractivity contribution >= 4 is 41.0 Å². The third-order valence-electron chi connectivity index (χ3n) is 5.46. The fourth-order valence-electron chi connectivity index (χ4n) is 3.69.